The minimum Gasteiger partial charge on any atom is -0.159 e. The molecule has 0 saturated heterocycles. The standard InChI is InChI=1S/C8H19ClS/c1-7(2)10(6,9)8(3,4)5/h7H,1-6H3. The van der Waals surface area contributed by atoms with Crippen molar-refractivity contribution in [2.75, 3.05) is 6.26 Å². The molecule has 0 bridgehead atoms. The quantitative estimate of drug-likeness (QED) is 0.579. The first-order chi connectivity index (χ1) is 4.19. The molecular formula is C8H19ClS. The molecular weight excluding hydrogens is 164 g/mol. The summed E-state index contributed by atoms with van der Waals surface area (Å²) in [6, 6.07) is 0. The first-order valence-electron chi connectivity index (χ1n) is 3.66. The minimum atomic E-state index is -0.942. The summed E-state index contributed by atoms with van der Waals surface area (Å²) < 4.78 is 0.267. The first-order valence-corrected chi connectivity index (χ1v) is 6.59. The van der Waals surface area contributed by atoms with Crippen LogP contribution in [0.1, 0.15) is 34.6 Å². The van der Waals surface area contributed by atoms with Gasteiger partial charge in [-0.05, 0) is 11.5 Å². The Balaban J connectivity index is 4.40. The van der Waals surface area contributed by atoms with E-state index in [2.05, 4.69) is 40.9 Å². The summed E-state index contributed by atoms with van der Waals surface area (Å²) >= 11 is 0. The van der Waals surface area contributed by atoms with Gasteiger partial charge in [0.05, 0.1) is 0 Å². The summed E-state index contributed by atoms with van der Waals surface area (Å²) in [5.41, 5.74) is 0. The number of rotatable bonds is 1. The molecule has 0 amide bonds. The monoisotopic (exact) mass is 182 g/mol. The maximum atomic E-state index is 6.43. The molecule has 0 spiro atoms. The van der Waals surface area contributed by atoms with Crippen molar-refractivity contribution in [3.05, 3.63) is 0 Å². The zero-order chi connectivity index (χ0) is 8.58. The predicted molar refractivity (Wildman–Crippen MR) is 54.3 cm³/mol. The minimum absolute atomic E-state index is 0.267. The Hall–Kier alpha value is 0.640. The van der Waals surface area contributed by atoms with Crippen molar-refractivity contribution in [2.45, 2.75) is 44.6 Å². The molecule has 0 aliphatic rings. The fraction of sp³-hybridized carbons (Fsp3) is 1.00. The largest absolute Gasteiger partial charge is 0.159 e. The van der Waals surface area contributed by atoms with Crippen LogP contribution in [-0.4, -0.2) is 16.3 Å². The van der Waals surface area contributed by atoms with Gasteiger partial charge in [0.1, 0.15) is 0 Å². The van der Waals surface area contributed by atoms with E-state index >= 15 is 0 Å². The van der Waals surface area contributed by atoms with E-state index in [4.69, 9.17) is 10.7 Å². The van der Waals surface area contributed by atoms with Crippen LogP contribution >= 0.6 is 19.9 Å². The van der Waals surface area contributed by atoms with Gasteiger partial charge in [-0.15, -0.1) is 0 Å². The van der Waals surface area contributed by atoms with Gasteiger partial charge in [-0.2, -0.15) is 9.24 Å². The van der Waals surface area contributed by atoms with Crippen LogP contribution in [0, 0.1) is 0 Å². The van der Waals surface area contributed by atoms with Crippen LogP contribution in [0.15, 0.2) is 0 Å². The maximum absolute atomic E-state index is 6.43. The molecule has 10 heavy (non-hydrogen) atoms. The van der Waals surface area contributed by atoms with E-state index in [1.165, 1.54) is 0 Å². The lowest BCUT2D eigenvalue weighted by molar-refractivity contribution is 0.783. The molecule has 64 valence electrons. The maximum Gasteiger partial charge on any atom is 0.00419 e. The summed E-state index contributed by atoms with van der Waals surface area (Å²) in [6.45, 7) is 11.1. The molecule has 0 rings (SSSR count). The van der Waals surface area contributed by atoms with Gasteiger partial charge in [-0.25, -0.2) is 0 Å². The molecule has 1 unspecified atom stereocenters. The Morgan fingerprint density at radius 1 is 1.20 bits per heavy atom. The van der Waals surface area contributed by atoms with E-state index in [-0.39, 0.29) is 4.75 Å². The SMILES string of the molecule is CC(C)S(C)(Cl)C(C)(C)C. The van der Waals surface area contributed by atoms with Crippen LogP contribution in [0.4, 0.5) is 0 Å². The second-order valence-electron chi connectivity index (χ2n) is 4.04. The second kappa shape index (κ2) is 2.94. The topological polar surface area (TPSA) is 0 Å². The molecule has 0 aliphatic carbocycles. The van der Waals surface area contributed by atoms with Crippen molar-refractivity contribution in [1.82, 2.24) is 0 Å². The van der Waals surface area contributed by atoms with Gasteiger partial charge in [0.2, 0.25) is 0 Å². The van der Waals surface area contributed by atoms with Gasteiger partial charge in [0, 0.05) is 4.75 Å². The van der Waals surface area contributed by atoms with Crippen LogP contribution in [0.25, 0.3) is 0 Å². The van der Waals surface area contributed by atoms with Crippen molar-refractivity contribution in [1.29, 1.82) is 0 Å². The third-order valence-electron chi connectivity index (χ3n) is 2.08. The molecule has 0 fully saturated rings. The Labute approximate surface area is 71.2 Å². The zero-order valence-corrected chi connectivity index (χ0v) is 9.44. The predicted octanol–water partition coefficient (Wildman–Crippen LogP) is 3.78. The van der Waals surface area contributed by atoms with Crippen LogP contribution in [-0.2, 0) is 0 Å². The third kappa shape index (κ3) is 2.06. The summed E-state index contributed by atoms with van der Waals surface area (Å²) in [4.78, 5) is 0. The molecule has 0 aliphatic heterocycles. The summed E-state index contributed by atoms with van der Waals surface area (Å²) in [5.74, 6) is 0. The lowest BCUT2D eigenvalue weighted by Gasteiger charge is -2.45. The highest BCUT2D eigenvalue weighted by Gasteiger charge is 2.32. The third-order valence-corrected chi connectivity index (χ3v) is 8.71. The summed E-state index contributed by atoms with van der Waals surface area (Å²) in [5, 5.41) is 0.606. The van der Waals surface area contributed by atoms with Gasteiger partial charge in [0.25, 0.3) is 0 Å². The highest BCUT2D eigenvalue weighted by atomic mass is 35.7. The smallest absolute Gasteiger partial charge is 0.00419 e. The molecule has 0 aromatic carbocycles. The Morgan fingerprint density at radius 3 is 1.50 bits per heavy atom. The van der Waals surface area contributed by atoms with Crippen LogP contribution < -0.4 is 0 Å². The Bertz CT molecular complexity index is 111. The second-order valence-corrected chi connectivity index (χ2v) is 9.89. The van der Waals surface area contributed by atoms with E-state index in [1.54, 1.807) is 0 Å². The van der Waals surface area contributed by atoms with Gasteiger partial charge in [-0.1, -0.05) is 45.3 Å². The van der Waals surface area contributed by atoms with Crippen molar-refractivity contribution in [2.24, 2.45) is 0 Å². The van der Waals surface area contributed by atoms with Crippen molar-refractivity contribution in [3.8, 4) is 0 Å². The molecule has 0 nitrogen and oxygen atoms in total. The molecule has 0 aromatic heterocycles. The normalized spacial score (nSPS) is 22.4. The Kier molecular flexibility index (Phi) is 3.13. The van der Waals surface area contributed by atoms with Crippen molar-refractivity contribution >= 4 is 19.9 Å². The average Bonchev–Trinajstić information content (AvgIpc) is 1.62. The van der Waals surface area contributed by atoms with E-state index in [0.717, 1.165) is 0 Å². The van der Waals surface area contributed by atoms with Gasteiger partial charge in [0.15, 0.2) is 0 Å². The van der Waals surface area contributed by atoms with E-state index in [0.29, 0.717) is 5.25 Å². The zero-order valence-electron chi connectivity index (χ0n) is 7.86. The van der Waals surface area contributed by atoms with Gasteiger partial charge < -0.3 is 0 Å². The van der Waals surface area contributed by atoms with Crippen molar-refractivity contribution < 1.29 is 0 Å². The summed E-state index contributed by atoms with van der Waals surface area (Å²) in [7, 11) is 5.49. The van der Waals surface area contributed by atoms with Crippen molar-refractivity contribution in [3.63, 3.8) is 0 Å². The van der Waals surface area contributed by atoms with E-state index in [1.807, 2.05) is 0 Å². The summed E-state index contributed by atoms with van der Waals surface area (Å²) in [6.07, 6.45) is 2.19. The first kappa shape index (κ1) is 10.6. The van der Waals surface area contributed by atoms with Crippen LogP contribution in [0.2, 0.25) is 0 Å². The molecule has 0 heterocycles. The highest BCUT2D eigenvalue weighted by Crippen LogP contribution is 2.63. The number of halogens is 1. The van der Waals surface area contributed by atoms with Gasteiger partial charge >= 0.3 is 0 Å². The van der Waals surface area contributed by atoms with Crippen LogP contribution in [0.5, 0.6) is 0 Å². The molecule has 2 heteroatoms. The lowest BCUT2D eigenvalue weighted by Crippen LogP contribution is -2.25. The molecule has 0 saturated carbocycles. The highest BCUT2D eigenvalue weighted by molar-refractivity contribution is 8.51. The van der Waals surface area contributed by atoms with Crippen LogP contribution in [0.3, 0.4) is 0 Å². The fourth-order valence-corrected chi connectivity index (χ4v) is 2.12. The Morgan fingerprint density at radius 2 is 1.50 bits per heavy atom. The van der Waals surface area contributed by atoms with Gasteiger partial charge in [-0.3, -0.25) is 0 Å². The fourth-order valence-electron chi connectivity index (χ4n) is 0.707. The van der Waals surface area contributed by atoms with E-state index in [9.17, 15) is 0 Å². The lowest BCUT2D eigenvalue weighted by atomic mass is 10.3. The number of hydrogen-bond donors (Lipinski definition) is 0. The average molecular weight is 183 g/mol. The van der Waals surface area contributed by atoms with E-state index < -0.39 is 9.24 Å². The molecule has 0 aromatic rings. The molecule has 1 atom stereocenters. The number of hydrogen-bond acceptors (Lipinski definition) is 0. The molecule has 0 radical (unpaired) electrons. The molecule has 0 N–H and O–H groups in total.